The van der Waals surface area contributed by atoms with E-state index in [0.29, 0.717) is 13.1 Å². The van der Waals surface area contributed by atoms with Gasteiger partial charge in [0.05, 0.1) is 12.6 Å². The van der Waals surface area contributed by atoms with E-state index in [1.807, 2.05) is 16.7 Å². The number of hydrogen-bond acceptors (Lipinski definition) is 4. The van der Waals surface area contributed by atoms with Crippen molar-refractivity contribution in [1.29, 1.82) is 0 Å². The van der Waals surface area contributed by atoms with Gasteiger partial charge in [0.2, 0.25) is 11.8 Å². The van der Waals surface area contributed by atoms with Crippen molar-refractivity contribution in [2.24, 2.45) is 0 Å². The Morgan fingerprint density at radius 1 is 1.22 bits per heavy atom. The molecule has 6 heteroatoms. The maximum absolute atomic E-state index is 12.3. The largest absolute Gasteiger partial charge is 0.355 e. The molecule has 2 aliphatic rings. The Hall–Kier alpha value is -1.14. The van der Waals surface area contributed by atoms with Gasteiger partial charge in [0, 0.05) is 39.3 Å². The second-order valence-electron chi connectivity index (χ2n) is 4.93. The fourth-order valence-electron chi connectivity index (χ4n) is 2.47. The van der Waals surface area contributed by atoms with Gasteiger partial charge in [-0.1, -0.05) is 0 Å². The standard InChI is InChI=1S/C12H22N4O2/c1-10(12(18)15-7-4-13-5-8-15)16-6-2-3-14-11(17)9-16/h10,13H,2-9H2,1H3,(H,14,17). The average Bonchev–Trinajstić information content (AvgIpc) is 2.63. The molecule has 2 amide bonds. The fraction of sp³-hybridized carbons (Fsp3) is 0.833. The molecule has 2 saturated heterocycles. The molecule has 0 aromatic carbocycles. The minimum atomic E-state index is -0.202. The van der Waals surface area contributed by atoms with Crippen LogP contribution in [-0.2, 0) is 9.59 Å². The molecular formula is C12H22N4O2. The van der Waals surface area contributed by atoms with Crippen LogP contribution in [0.25, 0.3) is 0 Å². The maximum Gasteiger partial charge on any atom is 0.239 e. The smallest absolute Gasteiger partial charge is 0.239 e. The molecule has 2 fully saturated rings. The first-order valence-corrected chi connectivity index (χ1v) is 6.69. The number of nitrogens with one attached hydrogen (secondary N) is 2. The Bertz CT molecular complexity index is 315. The first kappa shape index (κ1) is 13.3. The molecule has 1 unspecified atom stereocenters. The minimum absolute atomic E-state index is 0.0208. The molecule has 0 radical (unpaired) electrons. The lowest BCUT2D eigenvalue weighted by molar-refractivity contribution is -0.137. The van der Waals surface area contributed by atoms with Gasteiger partial charge < -0.3 is 15.5 Å². The summed E-state index contributed by atoms with van der Waals surface area (Å²) in [6, 6.07) is -0.202. The van der Waals surface area contributed by atoms with E-state index in [0.717, 1.165) is 39.1 Å². The fourth-order valence-corrected chi connectivity index (χ4v) is 2.47. The van der Waals surface area contributed by atoms with E-state index < -0.39 is 0 Å². The number of carbonyl (C=O) groups is 2. The minimum Gasteiger partial charge on any atom is -0.355 e. The third kappa shape index (κ3) is 3.20. The second-order valence-corrected chi connectivity index (χ2v) is 4.93. The lowest BCUT2D eigenvalue weighted by atomic mass is 10.2. The van der Waals surface area contributed by atoms with E-state index >= 15 is 0 Å². The van der Waals surface area contributed by atoms with Crippen molar-refractivity contribution in [3.8, 4) is 0 Å². The molecule has 0 aliphatic carbocycles. The summed E-state index contributed by atoms with van der Waals surface area (Å²) in [5.41, 5.74) is 0. The quantitative estimate of drug-likeness (QED) is 0.638. The molecule has 0 spiro atoms. The highest BCUT2D eigenvalue weighted by atomic mass is 16.2. The zero-order valence-corrected chi connectivity index (χ0v) is 10.9. The predicted octanol–water partition coefficient (Wildman–Crippen LogP) is -1.37. The van der Waals surface area contributed by atoms with Crippen molar-refractivity contribution in [3.63, 3.8) is 0 Å². The predicted molar refractivity (Wildman–Crippen MR) is 68.1 cm³/mol. The number of amides is 2. The molecule has 18 heavy (non-hydrogen) atoms. The second kappa shape index (κ2) is 6.15. The summed E-state index contributed by atoms with van der Waals surface area (Å²) in [5, 5.41) is 6.07. The van der Waals surface area contributed by atoms with Gasteiger partial charge in [-0.25, -0.2) is 0 Å². The monoisotopic (exact) mass is 254 g/mol. The van der Waals surface area contributed by atoms with Crippen LogP contribution in [0.5, 0.6) is 0 Å². The van der Waals surface area contributed by atoms with Crippen LogP contribution in [0.4, 0.5) is 0 Å². The third-order valence-electron chi connectivity index (χ3n) is 3.62. The van der Waals surface area contributed by atoms with Gasteiger partial charge in [-0.15, -0.1) is 0 Å². The number of hydrogen-bond donors (Lipinski definition) is 2. The molecule has 2 heterocycles. The molecular weight excluding hydrogens is 232 g/mol. The Kier molecular flexibility index (Phi) is 4.54. The van der Waals surface area contributed by atoms with E-state index in [1.165, 1.54) is 0 Å². The Morgan fingerprint density at radius 2 is 1.94 bits per heavy atom. The Morgan fingerprint density at radius 3 is 2.67 bits per heavy atom. The molecule has 0 bridgehead atoms. The molecule has 0 saturated carbocycles. The van der Waals surface area contributed by atoms with Crippen molar-refractivity contribution >= 4 is 11.8 Å². The summed E-state index contributed by atoms with van der Waals surface area (Å²) >= 11 is 0. The van der Waals surface area contributed by atoms with E-state index in [1.54, 1.807) is 0 Å². The Balaban J connectivity index is 1.93. The summed E-state index contributed by atoms with van der Waals surface area (Å²) in [6.45, 7) is 7.01. The lowest BCUT2D eigenvalue weighted by Crippen LogP contribution is -2.54. The molecule has 0 aromatic rings. The average molecular weight is 254 g/mol. The van der Waals surface area contributed by atoms with Crippen molar-refractivity contribution in [2.75, 3.05) is 45.8 Å². The summed E-state index contributed by atoms with van der Waals surface area (Å²) in [6.07, 6.45) is 0.908. The van der Waals surface area contributed by atoms with Crippen molar-refractivity contribution in [2.45, 2.75) is 19.4 Å². The molecule has 102 valence electrons. The van der Waals surface area contributed by atoms with Gasteiger partial charge in [-0.3, -0.25) is 14.5 Å². The van der Waals surface area contributed by atoms with E-state index in [4.69, 9.17) is 0 Å². The highest BCUT2D eigenvalue weighted by Crippen LogP contribution is 2.07. The van der Waals surface area contributed by atoms with Crippen molar-refractivity contribution < 1.29 is 9.59 Å². The van der Waals surface area contributed by atoms with Crippen LogP contribution in [-0.4, -0.2) is 73.5 Å². The van der Waals surface area contributed by atoms with Crippen LogP contribution in [0.15, 0.2) is 0 Å². The highest BCUT2D eigenvalue weighted by Gasteiger charge is 2.28. The number of carbonyl (C=O) groups excluding carboxylic acids is 2. The molecule has 2 rings (SSSR count). The zero-order valence-electron chi connectivity index (χ0n) is 10.9. The third-order valence-corrected chi connectivity index (χ3v) is 3.62. The van der Waals surface area contributed by atoms with Crippen LogP contribution >= 0.6 is 0 Å². The van der Waals surface area contributed by atoms with Gasteiger partial charge in [-0.2, -0.15) is 0 Å². The summed E-state index contributed by atoms with van der Waals surface area (Å²) < 4.78 is 0. The normalized spacial score (nSPS) is 24.3. The Labute approximate surface area is 108 Å². The zero-order chi connectivity index (χ0) is 13.0. The highest BCUT2D eigenvalue weighted by molar-refractivity contribution is 5.83. The van der Waals surface area contributed by atoms with Gasteiger partial charge in [0.15, 0.2) is 0 Å². The van der Waals surface area contributed by atoms with Gasteiger partial charge in [0.25, 0.3) is 0 Å². The van der Waals surface area contributed by atoms with Crippen LogP contribution in [0.1, 0.15) is 13.3 Å². The van der Waals surface area contributed by atoms with Gasteiger partial charge in [0.1, 0.15) is 0 Å². The summed E-state index contributed by atoms with van der Waals surface area (Å²) in [4.78, 5) is 27.7. The number of nitrogens with zero attached hydrogens (tertiary/aromatic N) is 2. The van der Waals surface area contributed by atoms with Crippen LogP contribution < -0.4 is 10.6 Å². The van der Waals surface area contributed by atoms with Gasteiger partial charge >= 0.3 is 0 Å². The van der Waals surface area contributed by atoms with E-state index in [-0.39, 0.29) is 17.9 Å². The maximum atomic E-state index is 12.3. The lowest BCUT2D eigenvalue weighted by Gasteiger charge is -2.33. The molecule has 2 N–H and O–H groups in total. The molecule has 0 aromatic heterocycles. The van der Waals surface area contributed by atoms with E-state index in [9.17, 15) is 9.59 Å². The molecule has 2 aliphatic heterocycles. The number of piperazine rings is 1. The molecule has 6 nitrogen and oxygen atoms in total. The topological polar surface area (TPSA) is 64.7 Å². The van der Waals surface area contributed by atoms with Crippen molar-refractivity contribution in [1.82, 2.24) is 20.4 Å². The van der Waals surface area contributed by atoms with E-state index in [2.05, 4.69) is 10.6 Å². The first-order chi connectivity index (χ1) is 8.68. The van der Waals surface area contributed by atoms with Crippen LogP contribution in [0, 0.1) is 0 Å². The summed E-state index contributed by atoms with van der Waals surface area (Å²) in [5.74, 6) is 0.165. The first-order valence-electron chi connectivity index (χ1n) is 6.69. The number of rotatable bonds is 2. The SMILES string of the molecule is CC(C(=O)N1CCNCC1)N1CCCNC(=O)C1. The van der Waals surface area contributed by atoms with Crippen LogP contribution in [0.2, 0.25) is 0 Å². The molecule has 1 atom stereocenters. The van der Waals surface area contributed by atoms with Gasteiger partial charge in [-0.05, 0) is 13.3 Å². The van der Waals surface area contributed by atoms with Crippen molar-refractivity contribution in [3.05, 3.63) is 0 Å². The summed E-state index contributed by atoms with van der Waals surface area (Å²) in [7, 11) is 0. The van der Waals surface area contributed by atoms with Crippen LogP contribution in [0.3, 0.4) is 0 Å².